The molecule has 0 aliphatic rings. The molecule has 0 atom stereocenters. The van der Waals surface area contributed by atoms with E-state index < -0.39 is 0 Å². The van der Waals surface area contributed by atoms with Gasteiger partial charge in [0, 0.05) is 9.85 Å². The normalized spacial score (nSPS) is 10.4. The summed E-state index contributed by atoms with van der Waals surface area (Å²) in [6.07, 6.45) is 0. The molecule has 0 aliphatic heterocycles. The SMILES string of the molecule is O=c1[nH]nc(-c2cc(Br)cs2)[nH]1. The molecule has 4 nitrogen and oxygen atoms in total. The lowest BCUT2D eigenvalue weighted by molar-refractivity contribution is 1.05. The maximum atomic E-state index is 10.7. The second-order valence-corrected chi connectivity index (χ2v) is 3.98. The number of aromatic nitrogens is 3. The molecule has 0 radical (unpaired) electrons. The third kappa shape index (κ3) is 1.35. The lowest BCUT2D eigenvalue weighted by Crippen LogP contribution is -2.00. The van der Waals surface area contributed by atoms with E-state index in [0.717, 1.165) is 9.35 Å². The first-order valence-electron chi connectivity index (χ1n) is 3.15. The Labute approximate surface area is 79.8 Å². The standard InChI is InChI=1S/C6H4BrN3OS/c7-3-1-4(12-2-3)5-8-6(11)10-9-5/h1-2H,(H2,8,9,10,11). The van der Waals surface area contributed by atoms with Crippen LogP contribution in [-0.4, -0.2) is 15.2 Å². The number of thiophene rings is 1. The van der Waals surface area contributed by atoms with Crippen molar-refractivity contribution < 1.29 is 0 Å². The molecule has 6 heteroatoms. The van der Waals surface area contributed by atoms with Gasteiger partial charge in [-0.3, -0.25) is 4.98 Å². The zero-order valence-corrected chi connectivity index (χ0v) is 8.20. The summed E-state index contributed by atoms with van der Waals surface area (Å²) in [6, 6.07) is 1.90. The largest absolute Gasteiger partial charge is 0.340 e. The van der Waals surface area contributed by atoms with E-state index in [9.17, 15) is 4.79 Å². The molecule has 12 heavy (non-hydrogen) atoms. The molecule has 0 fully saturated rings. The van der Waals surface area contributed by atoms with Gasteiger partial charge in [0.25, 0.3) is 0 Å². The van der Waals surface area contributed by atoms with Crippen molar-refractivity contribution in [3.63, 3.8) is 0 Å². The smallest absolute Gasteiger partial charge is 0.288 e. The van der Waals surface area contributed by atoms with Crippen molar-refractivity contribution in [3.05, 3.63) is 26.4 Å². The fourth-order valence-corrected chi connectivity index (χ4v) is 2.20. The van der Waals surface area contributed by atoms with Crippen LogP contribution in [0.3, 0.4) is 0 Å². The molecule has 0 aliphatic carbocycles. The summed E-state index contributed by atoms with van der Waals surface area (Å²) in [4.78, 5) is 14.2. The predicted molar refractivity (Wildman–Crippen MR) is 50.2 cm³/mol. The molecule has 2 heterocycles. The van der Waals surface area contributed by atoms with Crippen molar-refractivity contribution in [1.82, 2.24) is 15.2 Å². The molecule has 0 unspecified atom stereocenters. The minimum absolute atomic E-state index is 0.283. The van der Waals surface area contributed by atoms with Gasteiger partial charge in [-0.25, -0.2) is 9.89 Å². The number of rotatable bonds is 1. The fraction of sp³-hybridized carbons (Fsp3) is 0. The Kier molecular flexibility index (Phi) is 1.86. The summed E-state index contributed by atoms with van der Waals surface area (Å²) in [5.74, 6) is 0.579. The van der Waals surface area contributed by atoms with Gasteiger partial charge in [-0.15, -0.1) is 11.3 Å². The molecule has 0 saturated heterocycles. The Morgan fingerprint density at radius 1 is 1.58 bits per heavy atom. The van der Waals surface area contributed by atoms with Crippen molar-refractivity contribution in [2.45, 2.75) is 0 Å². The van der Waals surface area contributed by atoms with Gasteiger partial charge in [-0.2, -0.15) is 5.10 Å². The van der Waals surface area contributed by atoms with E-state index in [1.54, 1.807) is 0 Å². The van der Waals surface area contributed by atoms with Crippen LogP contribution in [0.4, 0.5) is 0 Å². The molecule has 0 aromatic carbocycles. The van der Waals surface area contributed by atoms with Gasteiger partial charge in [0.05, 0.1) is 4.88 Å². The second kappa shape index (κ2) is 2.87. The maximum Gasteiger partial charge on any atom is 0.340 e. The molecule has 2 N–H and O–H groups in total. The first-order chi connectivity index (χ1) is 5.75. The zero-order valence-electron chi connectivity index (χ0n) is 5.80. The van der Waals surface area contributed by atoms with E-state index in [-0.39, 0.29) is 5.69 Å². The maximum absolute atomic E-state index is 10.7. The van der Waals surface area contributed by atoms with Gasteiger partial charge >= 0.3 is 5.69 Å². The Balaban J connectivity index is 2.50. The molecule has 2 rings (SSSR count). The second-order valence-electron chi connectivity index (χ2n) is 2.16. The Hall–Kier alpha value is -0.880. The number of hydrogen-bond donors (Lipinski definition) is 2. The van der Waals surface area contributed by atoms with Gasteiger partial charge in [-0.1, -0.05) is 0 Å². The van der Waals surface area contributed by atoms with Crippen LogP contribution in [0.1, 0.15) is 0 Å². The first kappa shape index (κ1) is 7.75. The average molecular weight is 246 g/mol. The summed E-state index contributed by atoms with van der Waals surface area (Å²) in [5, 5.41) is 8.04. The number of hydrogen-bond acceptors (Lipinski definition) is 3. The van der Waals surface area contributed by atoms with E-state index in [1.807, 2.05) is 11.4 Å². The number of aromatic amines is 2. The summed E-state index contributed by atoms with van der Waals surface area (Å²) >= 11 is 4.83. The number of nitrogens with zero attached hydrogens (tertiary/aromatic N) is 1. The predicted octanol–water partition coefficient (Wildman–Crippen LogP) is 1.59. The van der Waals surface area contributed by atoms with Crippen LogP contribution in [0.25, 0.3) is 10.7 Å². The lowest BCUT2D eigenvalue weighted by atomic mass is 10.4. The quantitative estimate of drug-likeness (QED) is 0.802. The minimum Gasteiger partial charge on any atom is -0.288 e. The van der Waals surface area contributed by atoms with E-state index in [2.05, 4.69) is 31.1 Å². The minimum atomic E-state index is -0.283. The van der Waals surface area contributed by atoms with Gasteiger partial charge < -0.3 is 0 Å². The van der Waals surface area contributed by atoms with Crippen molar-refractivity contribution in [2.24, 2.45) is 0 Å². The molecule has 2 aromatic heterocycles. The highest BCUT2D eigenvalue weighted by atomic mass is 79.9. The number of nitrogens with one attached hydrogen (secondary N) is 2. The van der Waals surface area contributed by atoms with Gasteiger partial charge in [0.1, 0.15) is 0 Å². The topological polar surface area (TPSA) is 61.5 Å². The van der Waals surface area contributed by atoms with Crippen LogP contribution in [0, 0.1) is 0 Å². The highest BCUT2D eigenvalue weighted by Gasteiger charge is 2.03. The van der Waals surface area contributed by atoms with Crippen LogP contribution >= 0.6 is 27.3 Å². The first-order valence-corrected chi connectivity index (χ1v) is 4.82. The van der Waals surface area contributed by atoms with Crippen LogP contribution in [0.15, 0.2) is 20.7 Å². The molecule has 0 bridgehead atoms. The van der Waals surface area contributed by atoms with Crippen LogP contribution < -0.4 is 5.69 Å². The molecular weight excluding hydrogens is 242 g/mol. The third-order valence-corrected chi connectivity index (χ3v) is 3.00. The Morgan fingerprint density at radius 2 is 2.42 bits per heavy atom. The molecule has 0 spiro atoms. The van der Waals surface area contributed by atoms with Crippen LogP contribution in [-0.2, 0) is 0 Å². The summed E-state index contributed by atoms with van der Waals surface area (Å²) in [7, 11) is 0. The molecule has 0 amide bonds. The van der Waals surface area contributed by atoms with Gasteiger partial charge in [-0.05, 0) is 22.0 Å². The highest BCUT2D eigenvalue weighted by molar-refractivity contribution is 9.10. The Morgan fingerprint density at radius 3 is 2.92 bits per heavy atom. The zero-order chi connectivity index (χ0) is 8.55. The molecule has 2 aromatic rings. The van der Waals surface area contributed by atoms with Crippen molar-refractivity contribution >= 4 is 27.3 Å². The third-order valence-electron chi connectivity index (χ3n) is 1.30. The number of H-pyrrole nitrogens is 2. The molecule has 0 saturated carbocycles. The summed E-state index contributed by atoms with van der Waals surface area (Å²) in [5.41, 5.74) is -0.283. The summed E-state index contributed by atoms with van der Waals surface area (Å²) < 4.78 is 0.992. The van der Waals surface area contributed by atoms with E-state index in [4.69, 9.17) is 0 Å². The van der Waals surface area contributed by atoms with Crippen molar-refractivity contribution in [3.8, 4) is 10.7 Å². The van der Waals surface area contributed by atoms with E-state index in [1.165, 1.54) is 11.3 Å². The molecular formula is C6H4BrN3OS. The van der Waals surface area contributed by atoms with Crippen LogP contribution in [0.2, 0.25) is 0 Å². The average Bonchev–Trinajstić information content (AvgIpc) is 2.58. The molecule has 62 valence electrons. The fourth-order valence-electron chi connectivity index (χ4n) is 0.824. The van der Waals surface area contributed by atoms with Gasteiger partial charge in [0.2, 0.25) is 0 Å². The summed E-state index contributed by atoms with van der Waals surface area (Å²) in [6.45, 7) is 0. The van der Waals surface area contributed by atoms with Gasteiger partial charge in [0.15, 0.2) is 5.82 Å². The Bertz CT molecular complexity index is 443. The van der Waals surface area contributed by atoms with E-state index in [0.29, 0.717) is 5.82 Å². The number of halogens is 1. The van der Waals surface area contributed by atoms with E-state index >= 15 is 0 Å². The van der Waals surface area contributed by atoms with Crippen LogP contribution in [0.5, 0.6) is 0 Å². The lowest BCUT2D eigenvalue weighted by Gasteiger charge is -1.83. The highest BCUT2D eigenvalue weighted by Crippen LogP contribution is 2.26. The van der Waals surface area contributed by atoms with Crippen molar-refractivity contribution in [2.75, 3.05) is 0 Å². The van der Waals surface area contributed by atoms with Crippen molar-refractivity contribution in [1.29, 1.82) is 0 Å². The monoisotopic (exact) mass is 245 g/mol.